The lowest BCUT2D eigenvalue weighted by Gasteiger charge is -2.25. The highest BCUT2D eigenvalue weighted by Crippen LogP contribution is 2.16. The first kappa shape index (κ1) is 23.6. The Morgan fingerprint density at radius 2 is 1.62 bits per heavy atom. The predicted molar refractivity (Wildman–Crippen MR) is 131 cm³/mol. The van der Waals surface area contributed by atoms with Gasteiger partial charge in [-0.15, -0.1) is 0 Å². The zero-order valence-electron chi connectivity index (χ0n) is 19.4. The van der Waals surface area contributed by atoms with Crippen molar-refractivity contribution >= 4 is 11.8 Å². The normalized spacial score (nSPS) is 16.4. The first-order valence-electron chi connectivity index (χ1n) is 11.8. The quantitative estimate of drug-likeness (QED) is 0.490. The van der Waals surface area contributed by atoms with Crippen LogP contribution in [0.3, 0.4) is 0 Å². The van der Waals surface area contributed by atoms with Crippen LogP contribution in [0.4, 0.5) is 0 Å². The summed E-state index contributed by atoms with van der Waals surface area (Å²) in [7, 11) is 0. The number of aryl methyl sites for hydroxylation is 1. The lowest BCUT2D eigenvalue weighted by molar-refractivity contribution is -0.139. The number of carbonyl (C=O) groups is 2. The molecule has 1 atom stereocenters. The van der Waals surface area contributed by atoms with Crippen LogP contribution in [0.25, 0.3) is 0 Å². The molecule has 0 spiro atoms. The lowest BCUT2D eigenvalue weighted by atomic mass is 10.1. The van der Waals surface area contributed by atoms with Gasteiger partial charge in [0.15, 0.2) is 0 Å². The fourth-order valence-electron chi connectivity index (χ4n) is 4.17. The Balaban J connectivity index is 1.41. The van der Waals surface area contributed by atoms with Crippen LogP contribution >= 0.6 is 0 Å². The maximum Gasteiger partial charge on any atom is 0.242 e. The highest BCUT2D eigenvalue weighted by Gasteiger charge is 2.30. The van der Waals surface area contributed by atoms with Gasteiger partial charge in [-0.1, -0.05) is 66.7 Å². The summed E-state index contributed by atoms with van der Waals surface area (Å²) in [6, 6.07) is 23.9. The second-order valence-electron chi connectivity index (χ2n) is 8.67. The van der Waals surface area contributed by atoms with Crippen LogP contribution in [0.1, 0.15) is 29.5 Å². The molecule has 3 aromatic rings. The van der Waals surface area contributed by atoms with E-state index in [9.17, 15) is 9.59 Å². The van der Waals surface area contributed by atoms with Crippen molar-refractivity contribution in [2.75, 3.05) is 19.6 Å². The summed E-state index contributed by atoms with van der Waals surface area (Å²) >= 11 is 0. The largest absolute Gasteiger partial charge is 0.370 e. The van der Waals surface area contributed by atoms with Crippen molar-refractivity contribution in [3.05, 3.63) is 102 Å². The van der Waals surface area contributed by atoms with Gasteiger partial charge in [0.05, 0.1) is 19.3 Å². The molecule has 1 aromatic heterocycles. The third-order valence-corrected chi connectivity index (χ3v) is 6.00. The molecule has 1 aliphatic heterocycles. The van der Waals surface area contributed by atoms with Gasteiger partial charge in [-0.3, -0.25) is 14.6 Å². The third kappa shape index (κ3) is 6.99. The number of hydrogen-bond acceptors (Lipinski definition) is 4. The fraction of sp³-hybridized carbons (Fsp3) is 0.321. The number of nitrogens with zero attached hydrogens (tertiary/aromatic N) is 3. The van der Waals surface area contributed by atoms with E-state index in [0.29, 0.717) is 32.7 Å². The molecule has 0 N–H and O–H groups in total. The van der Waals surface area contributed by atoms with Crippen LogP contribution in [0.15, 0.2) is 85.2 Å². The molecule has 0 radical (unpaired) electrons. The maximum absolute atomic E-state index is 13.1. The van der Waals surface area contributed by atoms with Gasteiger partial charge in [-0.2, -0.15) is 0 Å². The van der Waals surface area contributed by atoms with Crippen molar-refractivity contribution in [3.63, 3.8) is 0 Å². The average Bonchev–Trinajstić information content (AvgIpc) is 3.03. The number of amides is 2. The monoisotopic (exact) mass is 457 g/mol. The Morgan fingerprint density at radius 1 is 0.912 bits per heavy atom. The van der Waals surface area contributed by atoms with Gasteiger partial charge >= 0.3 is 0 Å². The highest BCUT2D eigenvalue weighted by atomic mass is 16.5. The van der Waals surface area contributed by atoms with Crippen molar-refractivity contribution in [2.45, 2.75) is 38.5 Å². The fourth-order valence-corrected chi connectivity index (χ4v) is 4.17. The van der Waals surface area contributed by atoms with Gasteiger partial charge in [-0.05, 0) is 35.6 Å². The molecule has 2 aromatic carbocycles. The molecule has 34 heavy (non-hydrogen) atoms. The molecule has 2 amide bonds. The molecule has 0 aliphatic carbocycles. The van der Waals surface area contributed by atoms with E-state index in [1.54, 1.807) is 22.2 Å². The van der Waals surface area contributed by atoms with Gasteiger partial charge in [0, 0.05) is 38.4 Å². The minimum atomic E-state index is -0.263. The minimum absolute atomic E-state index is 0.000759. The van der Waals surface area contributed by atoms with E-state index in [1.807, 2.05) is 60.7 Å². The van der Waals surface area contributed by atoms with Crippen LogP contribution in [0.2, 0.25) is 0 Å². The van der Waals surface area contributed by atoms with E-state index in [-0.39, 0.29) is 24.5 Å². The van der Waals surface area contributed by atoms with E-state index in [4.69, 9.17) is 4.74 Å². The van der Waals surface area contributed by atoms with E-state index in [0.717, 1.165) is 24.0 Å². The molecule has 0 saturated carbocycles. The number of aromatic nitrogens is 1. The number of benzene rings is 2. The summed E-state index contributed by atoms with van der Waals surface area (Å²) in [5, 5.41) is 0. The molecule has 2 heterocycles. The van der Waals surface area contributed by atoms with Gasteiger partial charge in [0.2, 0.25) is 11.8 Å². The smallest absolute Gasteiger partial charge is 0.242 e. The Hall–Kier alpha value is -3.51. The molecule has 1 fully saturated rings. The summed E-state index contributed by atoms with van der Waals surface area (Å²) < 4.78 is 6.22. The molecule has 6 nitrogen and oxygen atoms in total. The van der Waals surface area contributed by atoms with Crippen LogP contribution in [-0.2, 0) is 33.9 Å². The average molecular weight is 458 g/mol. The molecule has 6 heteroatoms. The van der Waals surface area contributed by atoms with Crippen LogP contribution in [-0.4, -0.2) is 52.3 Å². The van der Waals surface area contributed by atoms with Gasteiger partial charge < -0.3 is 14.5 Å². The molecule has 176 valence electrons. The zero-order valence-corrected chi connectivity index (χ0v) is 19.4. The number of rotatable bonds is 9. The number of pyridine rings is 1. The Morgan fingerprint density at radius 3 is 2.32 bits per heavy atom. The molecular formula is C28H31N3O3. The Kier molecular flexibility index (Phi) is 8.41. The highest BCUT2D eigenvalue weighted by molar-refractivity contribution is 5.85. The number of hydrogen-bond donors (Lipinski definition) is 0. The van der Waals surface area contributed by atoms with Crippen molar-refractivity contribution in [1.82, 2.24) is 14.8 Å². The first-order chi connectivity index (χ1) is 16.7. The second kappa shape index (κ2) is 12.1. The standard InChI is InChI=1S/C28H31N3O3/c32-27(15-7-13-23-9-3-1-4-10-23)31-20-26(34-22-24-11-5-2-6-12-24)19-30(28(33)21-31)18-25-14-8-16-29-17-25/h1-6,8-12,14,16-17,26H,7,13,15,18-22H2/t26-/m0/s1. The topological polar surface area (TPSA) is 62.7 Å². The van der Waals surface area contributed by atoms with Gasteiger partial charge in [-0.25, -0.2) is 0 Å². The van der Waals surface area contributed by atoms with Gasteiger partial charge in [0.1, 0.15) is 0 Å². The Labute approximate surface area is 201 Å². The summed E-state index contributed by atoms with van der Waals surface area (Å²) in [6.45, 7) is 1.82. The first-order valence-corrected chi connectivity index (χ1v) is 11.8. The van der Waals surface area contributed by atoms with E-state index in [2.05, 4.69) is 17.1 Å². The summed E-state index contributed by atoms with van der Waals surface area (Å²) in [4.78, 5) is 33.8. The van der Waals surface area contributed by atoms with E-state index < -0.39 is 0 Å². The SMILES string of the molecule is O=C(CCCc1ccccc1)N1CC(=O)N(Cc2cccnc2)C[C@H](OCc2ccccc2)C1. The van der Waals surface area contributed by atoms with Crippen molar-refractivity contribution in [2.24, 2.45) is 0 Å². The molecule has 1 aliphatic rings. The van der Waals surface area contributed by atoms with Crippen LogP contribution in [0.5, 0.6) is 0 Å². The molecule has 0 unspecified atom stereocenters. The van der Waals surface area contributed by atoms with Crippen molar-refractivity contribution in [1.29, 1.82) is 0 Å². The second-order valence-corrected chi connectivity index (χ2v) is 8.67. The summed E-state index contributed by atoms with van der Waals surface area (Å²) in [5.41, 5.74) is 3.24. The third-order valence-electron chi connectivity index (χ3n) is 6.00. The van der Waals surface area contributed by atoms with E-state index >= 15 is 0 Å². The minimum Gasteiger partial charge on any atom is -0.370 e. The summed E-state index contributed by atoms with van der Waals surface area (Å²) in [6.07, 6.45) is 5.23. The van der Waals surface area contributed by atoms with Gasteiger partial charge in [0.25, 0.3) is 0 Å². The van der Waals surface area contributed by atoms with Crippen LogP contribution in [0, 0.1) is 0 Å². The summed E-state index contributed by atoms with van der Waals surface area (Å²) in [5.74, 6) is -0.0631. The van der Waals surface area contributed by atoms with E-state index in [1.165, 1.54) is 5.56 Å². The maximum atomic E-state index is 13.1. The Bertz CT molecular complexity index is 1040. The molecule has 0 bridgehead atoms. The molecule has 1 saturated heterocycles. The van der Waals surface area contributed by atoms with Crippen molar-refractivity contribution in [3.8, 4) is 0 Å². The lowest BCUT2D eigenvalue weighted by Crippen LogP contribution is -2.39. The van der Waals surface area contributed by atoms with Crippen LogP contribution < -0.4 is 0 Å². The van der Waals surface area contributed by atoms with Crippen molar-refractivity contribution < 1.29 is 14.3 Å². The molecular weight excluding hydrogens is 426 g/mol. The predicted octanol–water partition coefficient (Wildman–Crippen LogP) is 3.86. The zero-order chi connectivity index (χ0) is 23.6. The molecule has 4 rings (SSSR count). The number of ether oxygens (including phenoxy) is 1. The number of carbonyl (C=O) groups excluding carboxylic acids is 2.